The van der Waals surface area contributed by atoms with Crippen LogP contribution in [-0.2, 0) is 16.1 Å². The van der Waals surface area contributed by atoms with E-state index in [9.17, 15) is 4.79 Å². The summed E-state index contributed by atoms with van der Waals surface area (Å²) < 4.78 is 7.31. The number of carboxylic acids is 1. The van der Waals surface area contributed by atoms with Gasteiger partial charge in [-0.05, 0) is 19.1 Å². The molecular weight excluding hydrogens is 300 g/mol. The van der Waals surface area contributed by atoms with Crippen LogP contribution >= 0.6 is 23.4 Å². The van der Waals surface area contributed by atoms with Crippen molar-refractivity contribution in [2.75, 3.05) is 19.0 Å². The average Bonchev–Trinajstić information content (AvgIpc) is 2.77. The van der Waals surface area contributed by atoms with Crippen molar-refractivity contribution >= 4 is 40.4 Å². The zero-order valence-electron chi connectivity index (χ0n) is 11.0. The Labute approximate surface area is 125 Å². The third kappa shape index (κ3) is 3.45. The predicted octanol–water partition coefficient (Wildman–Crippen LogP) is 2.90. The first-order chi connectivity index (χ1) is 9.63. The van der Waals surface area contributed by atoms with E-state index in [1.165, 1.54) is 11.8 Å². The highest BCUT2D eigenvalue weighted by atomic mass is 35.5. The van der Waals surface area contributed by atoms with E-state index in [2.05, 4.69) is 4.98 Å². The molecule has 0 atom stereocenters. The molecule has 0 saturated carbocycles. The van der Waals surface area contributed by atoms with Gasteiger partial charge in [0.2, 0.25) is 0 Å². The summed E-state index contributed by atoms with van der Waals surface area (Å²) in [5.74, 6) is -0.903. The van der Waals surface area contributed by atoms with E-state index in [1.54, 1.807) is 6.07 Å². The molecule has 1 aromatic heterocycles. The number of thioether (sulfide) groups is 1. The van der Waals surface area contributed by atoms with Crippen molar-refractivity contribution in [3.63, 3.8) is 0 Å². The zero-order chi connectivity index (χ0) is 14.5. The number of aromatic nitrogens is 2. The van der Waals surface area contributed by atoms with Gasteiger partial charge in [-0.2, -0.15) is 0 Å². The number of fused-ring (bicyclic) bond motifs is 1. The fraction of sp³-hybridized carbons (Fsp3) is 0.385. The lowest BCUT2D eigenvalue weighted by molar-refractivity contribution is -0.133. The smallest absolute Gasteiger partial charge is 0.313 e. The Morgan fingerprint density at radius 1 is 1.55 bits per heavy atom. The molecular formula is C13H15ClN2O3S. The van der Waals surface area contributed by atoms with Crippen LogP contribution in [0.4, 0.5) is 0 Å². The summed E-state index contributed by atoms with van der Waals surface area (Å²) in [6, 6.07) is 5.55. The highest BCUT2D eigenvalue weighted by Crippen LogP contribution is 2.28. The number of carboxylic acid groups (broad SMARTS) is 1. The maximum Gasteiger partial charge on any atom is 0.313 e. The van der Waals surface area contributed by atoms with Crippen molar-refractivity contribution in [3.05, 3.63) is 23.2 Å². The van der Waals surface area contributed by atoms with Gasteiger partial charge in [0.15, 0.2) is 5.16 Å². The van der Waals surface area contributed by atoms with Crippen molar-refractivity contribution < 1.29 is 14.6 Å². The van der Waals surface area contributed by atoms with Crippen LogP contribution in [0.25, 0.3) is 11.0 Å². The number of benzene rings is 1. The van der Waals surface area contributed by atoms with E-state index in [4.69, 9.17) is 21.4 Å². The molecule has 1 N–H and O–H groups in total. The normalized spacial score (nSPS) is 11.1. The van der Waals surface area contributed by atoms with Crippen molar-refractivity contribution in [3.8, 4) is 0 Å². The van der Waals surface area contributed by atoms with Gasteiger partial charge in [0.1, 0.15) is 5.52 Å². The van der Waals surface area contributed by atoms with E-state index in [0.29, 0.717) is 35.5 Å². The second-order valence-corrected chi connectivity index (χ2v) is 5.38. The summed E-state index contributed by atoms with van der Waals surface area (Å²) in [7, 11) is 0. The molecule has 0 saturated heterocycles. The van der Waals surface area contributed by atoms with E-state index in [1.807, 2.05) is 23.6 Å². The maximum atomic E-state index is 10.7. The average molecular weight is 315 g/mol. The SMILES string of the molecule is CCOCCn1c(SCC(=O)O)nc2c(Cl)cccc21. The number of hydrogen-bond donors (Lipinski definition) is 1. The Morgan fingerprint density at radius 3 is 3.05 bits per heavy atom. The number of ether oxygens (including phenoxy) is 1. The monoisotopic (exact) mass is 314 g/mol. The van der Waals surface area contributed by atoms with Gasteiger partial charge in [0.25, 0.3) is 0 Å². The van der Waals surface area contributed by atoms with E-state index in [0.717, 1.165) is 5.52 Å². The number of rotatable bonds is 7. The Balaban J connectivity index is 2.34. The van der Waals surface area contributed by atoms with E-state index < -0.39 is 5.97 Å². The summed E-state index contributed by atoms with van der Waals surface area (Å²) in [5.41, 5.74) is 1.59. The largest absolute Gasteiger partial charge is 0.481 e. The minimum absolute atomic E-state index is 0.0322. The molecule has 2 rings (SSSR count). The van der Waals surface area contributed by atoms with Crippen LogP contribution < -0.4 is 0 Å². The van der Waals surface area contributed by atoms with Crippen LogP contribution in [0.2, 0.25) is 5.02 Å². The summed E-state index contributed by atoms with van der Waals surface area (Å²) in [6.45, 7) is 3.75. The number of halogens is 1. The lowest BCUT2D eigenvalue weighted by atomic mass is 10.3. The van der Waals surface area contributed by atoms with Crippen LogP contribution in [0, 0.1) is 0 Å². The molecule has 0 bridgehead atoms. The molecule has 20 heavy (non-hydrogen) atoms. The standard InChI is InChI=1S/C13H15ClN2O3S/c1-2-19-7-6-16-10-5-3-4-9(14)12(10)15-13(16)20-8-11(17)18/h3-5H,2,6-8H2,1H3,(H,17,18). The van der Waals surface area contributed by atoms with Gasteiger partial charge in [-0.15, -0.1) is 0 Å². The number of carbonyl (C=O) groups is 1. The van der Waals surface area contributed by atoms with E-state index in [-0.39, 0.29) is 5.75 Å². The number of aliphatic carboxylic acids is 1. The number of imidazole rings is 1. The molecule has 5 nitrogen and oxygen atoms in total. The Bertz CT molecular complexity index is 615. The topological polar surface area (TPSA) is 64.3 Å². The first-order valence-electron chi connectivity index (χ1n) is 6.20. The molecule has 0 aliphatic carbocycles. The second-order valence-electron chi connectivity index (χ2n) is 4.03. The molecule has 0 spiro atoms. The lowest BCUT2D eigenvalue weighted by Gasteiger charge is -2.08. The first kappa shape index (κ1) is 15.2. The lowest BCUT2D eigenvalue weighted by Crippen LogP contribution is -2.08. The van der Waals surface area contributed by atoms with Crippen LogP contribution in [0.15, 0.2) is 23.4 Å². The Hall–Kier alpha value is -1.24. The van der Waals surface area contributed by atoms with Crippen molar-refractivity contribution in [2.24, 2.45) is 0 Å². The molecule has 0 unspecified atom stereocenters. The highest BCUT2D eigenvalue weighted by molar-refractivity contribution is 7.99. The molecule has 108 valence electrons. The molecule has 0 fully saturated rings. The minimum Gasteiger partial charge on any atom is -0.481 e. The van der Waals surface area contributed by atoms with Gasteiger partial charge >= 0.3 is 5.97 Å². The fourth-order valence-corrected chi connectivity index (χ4v) is 2.81. The maximum absolute atomic E-state index is 10.7. The van der Waals surface area contributed by atoms with E-state index >= 15 is 0 Å². The summed E-state index contributed by atoms with van der Waals surface area (Å²) in [5, 5.41) is 10.0. The quantitative estimate of drug-likeness (QED) is 0.629. The first-order valence-corrected chi connectivity index (χ1v) is 7.57. The van der Waals surface area contributed by atoms with Gasteiger partial charge < -0.3 is 14.4 Å². The molecule has 7 heteroatoms. The van der Waals surface area contributed by atoms with Crippen molar-refractivity contribution in [1.82, 2.24) is 9.55 Å². The molecule has 1 aromatic carbocycles. The van der Waals surface area contributed by atoms with Gasteiger partial charge in [0.05, 0.1) is 22.9 Å². The summed E-state index contributed by atoms with van der Waals surface area (Å²) in [4.78, 5) is 15.2. The van der Waals surface area contributed by atoms with Crippen LogP contribution in [0.1, 0.15) is 6.92 Å². The number of nitrogens with zero attached hydrogens (tertiary/aromatic N) is 2. The molecule has 0 aliphatic heterocycles. The Kier molecular flexibility index (Phi) is 5.28. The highest BCUT2D eigenvalue weighted by Gasteiger charge is 2.14. The zero-order valence-corrected chi connectivity index (χ0v) is 12.6. The number of para-hydroxylation sites is 1. The minimum atomic E-state index is -0.871. The summed E-state index contributed by atoms with van der Waals surface area (Å²) in [6.07, 6.45) is 0. The van der Waals surface area contributed by atoms with Crippen LogP contribution in [-0.4, -0.2) is 39.6 Å². The second kappa shape index (κ2) is 6.97. The molecule has 0 amide bonds. The van der Waals surface area contributed by atoms with Gasteiger partial charge in [-0.1, -0.05) is 29.4 Å². The Morgan fingerprint density at radius 2 is 2.35 bits per heavy atom. The molecule has 1 heterocycles. The fourth-order valence-electron chi connectivity index (χ4n) is 1.84. The molecule has 0 radical (unpaired) electrons. The van der Waals surface area contributed by atoms with Crippen LogP contribution in [0.5, 0.6) is 0 Å². The predicted molar refractivity (Wildman–Crippen MR) is 79.6 cm³/mol. The van der Waals surface area contributed by atoms with Crippen LogP contribution in [0.3, 0.4) is 0 Å². The van der Waals surface area contributed by atoms with Gasteiger partial charge in [-0.25, -0.2) is 4.98 Å². The number of hydrogen-bond acceptors (Lipinski definition) is 4. The van der Waals surface area contributed by atoms with Gasteiger partial charge in [-0.3, -0.25) is 4.79 Å². The third-order valence-corrected chi connectivity index (χ3v) is 3.95. The molecule has 2 aromatic rings. The van der Waals surface area contributed by atoms with Gasteiger partial charge in [0, 0.05) is 13.2 Å². The summed E-state index contributed by atoms with van der Waals surface area (Å²) >= 11 is 7.32. The van der Waals surface area contributed by atoms with Crippen molar-refractivity contribution in [2.45, 2.75) is 18.6 Å². The molecule has 0 aliphatic rings. The van der Waals surface area contributed by atoms with Crippen molar-refractivity contribution in [1.29, 1.82) is 0 Å². The third-order valence-electron chi connectivity index (χ3n) is 2.68.